The Balaban J connectivity index is 2.39. The molecule has 4 nitrogen and oxygen atoms in total. The van der Waals surface area contributed by atoms with E-state index in [-0.39, 0.29) is 11.5 Å². The zero-order valence-corrected chi connectivity index (χ0v) is 9.34. The SMILES string of the molecule is Nc1nc(-c2ccncc2)c2cccc(F)c2n1. The van der Waals surface area contributed by atoms with Gasteiger partial charge in [-0.25, -0.2) is 14.4 Å². The molecule has 18 heavy (non-hydrogen) atoms. The minimum Gasteiger partial charge on any atom is -0.368 e. The fourth-order valence-corrected chi connectivity index (χ4v) is 1.86. The monoisotopic (exact) mass is 240 g/mol. The van der Waals surface area contributed by atoms with Crippen molar-refractivity contribution in [1.82, 2.24) is 15.0 Å². The number of aromatic nitrogens is 3. The van der Waals surface area contributed by atoms with E-state index in [1.165, 1.54) is 6.07 Å². The van der Waals surface area contributed by atoms with Gasteiger partial charge in [0.25, 0.3) is 0 Å². The Labute approximate surface area is 102 Å². The van der Waals surface area contributed by atoms with Crippen molar-refractivity contribution in [2.24, 2.45) is 0 Å². The number of benzene rings is 1. The van der Waals surface area contributed by atoms with Gasteiger partial charge in [0.1, 0.15) is 11.3 Å². The summed E-state index contributed by atoms with van der Waals surface area (Å²) in [7, 11) is 0. The number of hydrogen-bond acceptors (Lipinski definition) is 4. The number of pyridine rings is 1. The van der Waals surface area contributed by atoms with Crippen molar-refractivity contribution in [3.8, 4) is 11.3 Å². The molecule has 0 saturated carbocycles. The number of fused-ring (bicyclic) bond motifs is 1. The predicted molar refractivity (Wildman–Crippen MR) is 67.1 cm³/mol. The van der Waals surface area contributed by atoms with Crippen LogP contribution in [0.3, 0.4) is 0 Å². The maximum Gasteiger partial charge on any atom is 0.221 e. The van der Waals surface area contributed by atoms with Crippen molar-refractivity contribution in [1.29, 1.82) is 0 Å². The van der Waals surface area contributed by atoms with E-state index >= 15 is 0 Å². The molecule has 0 saturated heterocycles. The van der Waals surface area contributed by atoms with Gasteiger partial charge in [0.2, 0.25) is 5.95 Å². The number of anilines is 1. The number of nitrogens with zero attached hydrogens (tertiary/aromatic N) is 3. The number of halogens is 1. The van der Waals surface area contributed by atoms with Crippen LogP contribution in [0.5, 0.6) is 0 Å². The highest BCUT2D eigenvalue weighted by Gasteiger charge is 2.10. The number of hydrogen-bond donors (Lipinski definition) is 1. The second-order valence-electron chi connectivity index (χ2n) is 3.80. The van der Waals surface area contributed by atoms with E-state index in [0.29, 0.717) is 11.1 Å². The van der Waals surface area contributed by atoms with E-state index in [9.17, 15) is 4.39 Å². The van der Waals surface area contributed by atoms with E-state index in [4.69, 9.17) is 5.73 Å². The zero-order chi connectivity index (χ0) is 12.5. The molecule has 2 heterocycles. The van der Waals surface area contributed by atoms with E-state index in [2.05, 4.69) is 15.0 Å². The first-order chi connectivity index (χ1) is 8.75. The molecule has 1 aromatic carbocycles. The van der Waals surface area contributed by atoms with Gasteiger partial charge >= 0.3 is 0 Å². The lowest BCUT2D eigenvalue weighted by molar-refractivity contribution is 0.636. The highest BCUT2D eigenvalue weighted by Crippen LogP contribution is 2.27. The summed E-state index contributed by atoms with van der Waals surface area (Å²) in [6, 6.07) is 8.35. The van der Waals surface area contributed by atoms with Gasteiger partial charge in [-0.3, -0.25) is 4.98 Å². The van der Waals surface area contributed by atoms with Crippen molar-refractivity contribution >= 4 is 16.9 Å². The molecule has 0 unspecified atom stereocenters. The molecule has 0 bridgehead atoms. The second kappa shape index (κ2) is 4.03. The molecule has 0 aliphatic heterocycles. The number of nitrogens with two attached hydrogens (primary N) is 1. The predicted octanol–water partition coefficient (Wildman–Crippen LogP) is 2.41. The molecule has 2 N–H and O–H groups in total. The smallest absolute Gasteiger partial charge is 0.221 e. The molecule has 0 atom stereocenters. The lowest BCUT2D eigenvalue weighted by Crippen LogP contribution is -1.99. The highest BCUT2D eigenvalue weighted by atomic mass is 19.1. The van der Waals surface area contributed by atoms with Crippen molar-refractivity contribution in [3.05, 3.63) is 48.5 Å². The minimum atomic E-state index is -0.406. The van der Waals surface area contributed by atoms with Crippen LogP contribution in [0.4, 0.5) is 10.3 Å². The third-order valence-electron chi connectivity index (χ3n) is 2.65. The molecule has 88 valence electrons. The summed E-state index contributed by atoms with van der Waals surface area (Å²) >= 11 is 0. The van der Waals surface area contributed by atoms with Crippen molar-refractivity contribution in [3.63, 3.8) is 0 Å². The average Bonchev–Trinajstić information content (AvgIpc) is 2.40. The van der Waals surface area contributed by atoms with E-state index in [1.54, 1.807) is 36.7 Å². The summed E-state index contributed by atoms with van der Waals surface area (Å²) in [6.45, 7) is 0. The van der Waals surface area contributed by atoms with Crippen LogP contribution < -0.4 is 5.73 Å². The van der Waals surface area contributed by atoms with Crippen LogP contribution >= 0.6 is 0 Å². The zero-order valence-electron chi connectivity index (χ0n) is 9.34. The molecule has 2 aromatic heterocycles. The summed E-state index contributed by atoms with van der Waals surface area (Å²) in [5, 5.41) is 0.635. The molecule has 0 aliphatic carbocycles. The Kier molecular flexibility index (Phi) is 2.37. The third-order valence-corrected chi connectivity index (χ3v) is 2.65. The fourth-order valence-electron chi connectivity index (χ4n) is 1.86. The first-order valence-electron chi connectivity index (χ1n) is 5.38. The third kappa shape index (κ3) is 1.66. The summed E-state index contributed by atoms with van der Waals surface area (Å²) < 4.78 is 13.7. The molecule has 5 heteroatoms. The van der Waals surface area contributed by atoms with Crippen molar-refractivity contribution in [2.45, 2.75) is 0 Å². The normalized spacial score (nSPS) is 10.7. The summed E-state index contributed by atoms with van der Waals surface area (Å²) in [6.07, 6.45) is 3.30. The van der Waals surface area contributed by atoms with Gasteiger partial charge in [0, 0.05) is 23.3 Å². The Hall–Kier alpha value is -2.56. The van der Waals surface area contributed by atoms with Gasteiger partial charge in [-0.2, -0.15) is 0 Å². The number of nitrogen functional groups attached to an aromatic ring is 1. The van der Waals surface area contributed by atoms with Gasteiger partial charge < -0.3 is 5.73 Å². The maximum atomic E-state index is 13.7. The van der Waals surface area contributed by atoms with E-state index in [1.807, 2.05) is 0 Å². The minimum absolute atomic E-state index is 0.0550. The Morgan fingerprint density at radius 1 is 1.00 bits per heavy atom. The quantitative estimate of drug-likeness (QED) is 0.709. The van der Waals surface area contributed by atoms with Crippen molar-refractivity contribution in [2.75, 3.05) is 5.73 Å². The van der Waals surface area contributed by atoms with Gasteiger partial charge in [0.15, 0.2) is 0 Å². The molecule has 3 rings (SSSR count). The summed E-state index contributed by atoms with van der Waals surface area (Å²) in [5.74, 6) is -0.351. The molecule has 0 amide bonds. The lowest BCUT2D eigenvalue weighted by atomic mass is 10.1. The fraction of sp³-hybridized carbons (Fsp3) is 0. The van der Waals surface area contributed by atoms with Crippen LogP contribution in [0, 0.1) is 5.82 Å². The molecule has 0 fully saturated rings. The molecular weight excluding hydrogens is 231 g/mol. The molecule has 0 spiro atoms. The topological polar surface area (TPSA) is 64.7 Å². The van der Waals surface area contributed by atoms with E-state index in [0.717, 1.165) is 5.56 Å². The van der Waals surface area contributed by atoms with Gasteiger partial charge in [0.05, 0.1) is 5.69 Å². The Morgan fingerprint density at radius 3 is 2.56 bits per heavy atom. The van der Waals surface area contributed by atoms with Crippen molar-refractivity contribution < 1.29 is 4.39 Å². The van der Waals surface area contributed by atoms with Gasteiger partial charge in [-0.1, -0.05) is 12.1 Å². The maximum absolute atomic E-state index is 13.7. The van der Waals surface area contributed by atoms with Gasteiger partial charge in [-0.05, 0) is 18.2 Å². The average molecular weight is 240 g/mol. The van der Waals surface area contributed by atoms with Crippen LogP contribution in [0.25, 0.3) is 22.2 Å². The lowest BCUT2D eigenvalue weighted by Gasteiger charge is -2.06. The Bertz CT molecular complexity index is 713. The molecular formula is C13H9FN4. The molecule has 0 radical (unpaired) electrons. The molecule has 0 aliphatic rings. The molecule has 3 aromatic rings. The van der Waals surface area contributed by atoms with Gasteiger partial charge in [-0.15, -0.1) is 0 Å². The summed E-state index contributed by atoms with van der Waals surface area (Å²) in [5.41, 5.74) is 7.30. The van der Waals surface area contributed by atoms with Crippen LogP contribution in [0.15, 0.2) is 42.7 Å². The Morgan fingerprint density at radius 2 is 1.78 bits per heavy atom. The summed E-state index contributed by atoms with van der Waals surface area (Å²) in [4.78, 5) is 12.1. The number of para-hydroxylation sites is 1. The first-order valence-corrected chi connectivity index (χ1v) is 5.38. The second-order valence-corrected chi connectivity index (χ2v) is 3.80. The first kappa shape index (κ1) is 10.6. The van der Waals surface area contributed by atoms with Crippen LogP contribution in [-0.2, 0) is 0 Å². The standard InChI is InChI=1S/C13H9FN4/c14-10-3-1-2-9-11(8-4-6-16-7-5-8)17-13(15)18-12(9)10/h1-7H,(H2,15,17,18). The van der Waals surface area contributed by atoms with Crippen LogP contribution in [-0.4, -0.2) is 15.0 Å². The van der Waals surface area contributed by atoms with Crippen LogP contribution in [0.1, 0.15) is 0 Å². The van der Waals surface area contributed by atoms with E-state index < -0.39 is 5.82 Å². The highest BCUT2D eigenvalue weighted by molar-refractivity contribution is 5.93. The van der Waals surface area contributed by atoms with Crippen LogP contribution in [0.2, 0.25) is 0 Å². The number of rotatable bonds is 1. The largest absolute Gasteiger partial charge is 0.368 e.